The van der Waals surface area contributed by atoms with E-state index in [1.54, 1.807) is 0 Å². The summed E-state index contributed by atoms with van der Waals surface area (Å²) < 4.78 is 0. The summed E-state index contributed by atoms with van der Waals surface area (Å²) in [6.45, 7) is 1.95. The van der Waals surface area contributed by atoms with Gasteiger partial charge in [-0.3, -0.25) is 4.79 Å². The first-order valence-corrected chi connectivity index (χ1v) is 4.09. The SMILES string of the molecule is Cc1ccc2c(c1)NC(=O)C2C=O. The molecular formula is C10H9NO2. The first-order valence-electron chi connectivity index (χ1n) is 4.09. The highest BCUT2D eigenvalue weighted by atomic mass is 16.2. The molecule has 1 N–H and O–H groups in total. The Labute approximate surface area is 75.8 Å². The van der Waals surface area contributed by atoms with Crippen LogP contribution in [-0.2, 0) is 9.59 Å². The molecule has 1 amide bonds. The number of fused-ring (bicyclic) bond motifs is 1. The van der Waals surface area contributed by atoms with Crippen molar-refractivity contribution in [2.75, 3.05) is 5.32 Å². The summed E-state index contributed by atoms with van der Waals surface area (Å²) >= 11 is 0. The molecule has 1 aliphatic heterocycles. The first-order chi connectivity index (χ1) is 6.22. The average Bonchev–Trinajstić information content (AvgIpc) is 2.39. The fourth-order valence-electron chi connectivity index (χ4n) is 1.54. The number of aldehydes is 1. The summed E-state index contributed by atoms with van der Waals surface area (Å²) in [6.07, 6.45) is 0.677. The zero-order valence-corrected chi connectivity index (χ0v) is 7.20. The Morgan fingerprint density at radius 2 is 2.23 bits per heavy atom. The molecule has 1 unspecified atom stereocenters. The Morgan fingerprint density at radius 1 is 1.46 bits per heavy atom. The van der Waals surface area contributed by atoms with Crippen LogP contribution in [0.3, 0.4) is 0 Å². The number of anilines is 1. The first kappa shape index (κ1) is 7.98. The summed E-state index contributed by atoms with van der Waals surface area (Å²) in [5.74, 6) is -0.841. The third-order valence-corrected chi connectivity index (χ3v) is 2.22. The van der Waals surface area contributed by atoms with Gasteiger partial charge >= 0.3 is 0 Å². The van der Waals surface area contributed by atoms with Gasteiger partial charge in [0.25, 0.3) is 0 Å². The van der Waals surface area contributed by atoms with Crippen molar-refractivity contribution >= 4 is 17.9 Å². The van der Waals surface area contributed by atoms with Gasteiger partial charge in [0, 0.05) is 5.69 Å². The number of rotatable bonds is 1. The highest BCUT2D eigenvalue weighted by Crippen LogP contribution is 2.31. The molecule has 0 radical (unpaired) electrons. The van der Waals surface area contributed by atoms with Gasteiger partial charge in [0.1, 0.15) is 12.2 Å². The average molecular weight is 175 g/mol. The topological polar surface area (TPSA) is 46.2 Å². The van der Waals surface area contributed by atoms with Crippen LogP contribution in [0.2, 0.25) is 0 Å². The van der Waals surface area contributed by atoms with Crippen LogP contribution in [0.5, 0.6) is 0 Å². The van der Waals surface area contributed by atoms with Gasteiger partial charge in [-0.05, 0) is 24.1 Å². The lowest BCUT2D eigenvalue weighted by molar-refractivity contribution is -0.121. The third kappa shape index (κ3) is 1.13. The maximum Gasteiger partial charge on any atom is 0.239 e. The van der Waals surface area contributed by atoms with Crippen molar-refractivity contribution in [3.8, 4) is 0 Å². The Bertz CT molecular complexity index is 385. The summed E-state index contributed by atoms with van der Waals surface area (Å²) in [7, 11) is 0. The molecule has 0 aromatic heterocycles. The van der Waals surface area contributed by atoms with Gasteiger partial charge in [-0.25, -0.2) is 0 Å². The fraction of sp³-hybridized carbons (Fsp3) is 0.200. The monoisotopic (exact) mass is 175 g/mol. The second-order valence-electron chi connectivity index (χ2n) is 3.19. The Balaban J connectivity index is 2.54. The number of carbonyl (C=O) groups excluding carboxylic acids is 2. The van der Waals surface area contributed by atoms with E-state index in [0.29, 0.717) is 6.29 Å². The highest BCUT2D eigenvalue weighted by molar-refractivity contribution is 6.11. The van der Waals surface area contributed by atoms with Crippen LogP contribution < -0.4 is 5.32 Å². The van der Waals surface area contributed by atoms with Crippen LogP contribution in [0.25, 0.3) is 0 Å². The molecule has 66 valence electrons. The van der Waals surface area contributed by atoms with E-state index in [1.165, 1.54) is 0 Å². The predicted molar refractivity (Wildman–Crippen MR) is 48.6 cm³/mol. The number of hydrogen-bond donors (Lipinski definition) is 1. The minimum atomic E-state index is -0.615. The van der Waals surface area contributed by atoms with E-state index in [1.807, 2.05) is 25.1 Å². The summed E-state index contributed by atoms with van der Waals surface area (Å²) in [5, 5.41) is 2.67. The van der Waals surface area contributed by atoms with Crippen LogP contribution in [0.1, 0.15) is 17.0 Å². The third-order valence-electron chi connectivity index (χ3n) is 2.22. The van der Waals surface area contributed by atoms with Crippen molar-refractivity contribution in [1.29, 1.82) is 0 Å². The minimum Gasteiger partial charge on any atom is -0.325 e. The van der Waals surface area contributed by atoms with E-state index in [0.717, 1.165) is 16.8 Å². The molecule has 1 aromatic rings. The molecule has 1 heterocycles. The van der Waals surface area contributed by atoms with Crippen LogP contribution in [0.4, 0.5) is 5.69 Å². The molecule has 1 aromatic carbocycles. The molecule has 0 saturated heterocycles. The minimum absolute atomic E-state index is 0.226. The molecule has 1 aliphatic rings. The fourth-order valence-corrected chi connectivity index (χ4v) is 1.54. The van der Waals surface area contributed by atoms with Crippen LogP contribution in [0, 0.1) is 6.92 Å². The summed E-state index contributed by atoms with van der Waals surface area (Å²) in [4.78, 5) is 21.8. The van der Waals surface area contributed by atoms with E-state index in [2.05, 4.69) is 5.32 Å². The van der Waals surface area contributed by atoms with Gasteiger partial charge in [-0.1, -0.05) is 12.1 Å². The van der Waals surface area contributed by atoms with Crippen LogP contribution >= 0.6 is 0 Å². The number of benzene rings is 1. The van der Waals surface area contributed by atoms with E-state index in [9.17, 15) is 9.59 Å². The van der Waals surface area contributed by atoms with Crippen LogP contribution in [0.15, 0.2) is 18.2 Å². The van der Waals surface area contributed by atoms with Crippen LogP contribution in [-0.4, -0.2) is 12.2 Å². The molecule has 0 saturated carbocycles. The molecule has 0 spiro atoms. The van der Waals surface area contributed by atoms with E-state index < -0.39 is 5.92 Å². The van der Waals surface area contributed by atoms with E-state index in [-0.39, 0.29) is 5.91 Å². The van der Waals surface area contributed by atoms with E-state index in [4.69, 9.17) is 0 Å². The number of nitrogens with one attached hydrogen (secondary N) is 1. The zero-order chi connectivity index (χ0) is 9.42. The largest absolute Gasteiger partial charge is 0.325 e. The second-order valence-corrected chi connectivity index (χ2v) is 3.19. The molecule has 0 fully saturated rings. The maximum absolute atomic E-state index is 11.2. The van der Waals surface area contributed by atoms with Gasteiger partial charge in [0.15, 0.2) is 0 Å². The zero-order valence-electron chi connectivity index (χ0n) is 7.20. The van der Waals surface area contributed by atoms with Crippen molar-refractivity contribution in [3.05, 3.63) is 29.3 Å². The molecule has 0 aliphatic carbocycles. The number of hydrogen-bond acceptors (Lipinski definition) is 2. The van der Waals surface area contributed by atoms with Gasteiger partial charge in [0.2, 0.25) is 5.91 Å². The number of amides is 1. The summed E-state index contributed by atoms with van der Waals surface area (Å²) in [6, 6.07) is 5.59. The number of carbonyl (C=O) groups is 2. The van der Waals surface area contributed by atoms with Crippen molar-refractivity contribution in [1.82, 2.24) is 0 Å². The predicted octanol–water partition coefficient (Wildman–Crippen LogP) is 1.23. The van der Waals surface area contributed by atoms with Gasteiger partial charge in [-0.2, -0.15) is 0 Å². The smallest absolute Gasteiger partial charge is 0.239 e. The second kappa shape index (κ2) is 2.69. The quantitative estimate of drug-likeness (QED) is 0.515. The normalized spacial score (nSPS) is 19.5. The Kier molecular flexibility index (Phi) is 1.65. The number of aryl methyl sites for hydroxylation is 1. The highest BCUT2D eigenvalue weighted by Gasteiger charge is 2.29. The molecule has 1 atom stereocenters. The lowest BCUT2D eigenvalue weighted by Crippen LogP contribution is -2.12. The lowest BCUT2D eigenvalue weighted by Gasteiger charge is -1.99. The molecule has 0 bridgehead atoms. The van der Waals surface area contributed by atoms with Crippen molar-refractivity contribution < 1.29 is 9.59 Å². The molecule has 3 heteroatoms. The summed E-state index contributed by atoms with van der Waals surface area (Å²) in [5.41, 5.74) is 2.62. The Hall–Kier alpha value is -1.64. The van der Waals surface area contributed by atoms with Gasteiger partial charge < -0.3 is 10.1 Å². The molecular weight excluding hydrogens is 166 g/mol. The molecule has 2 rings (SSSR count). The maximum atomic E-state index is 11.2. The Morgan fingerprint density at radius 3 is 2.92 bits per heavy atom. The van der Waals surface area contributed by atoms with Crippen molar-refractivity contribution in [3.63, 3.8) is 0 Å². The standard InChI is InChI=1S/C10H9NO2/c1-6-2-3-7-8(5-12)10(13)11-9(7)4-6/h2-5,8H,1H3,(H,11,13). The van der Waals surface area contributed by atoms with Crippen molar-refractivity contribution in [2.24, 2.45) is 0 Å². The molecule has 13 heavy (non-hydrogen) atoms. The van der Waals surface area contributed by atoms with Gasteiger partial charge in [0.05, 0.1) is 0 Å². The van der Waals surface area contributed by atoms with E-state index >= 15 is 0 Å². The molecule has 3 nitrogen and oxygen atoms in total. The van der Waals surface area contributed by atoms with Crippen molar-refractivity contribution in [2.45, 2.75) is 12.8 Å². The van der Waals surface area contributed by atoms with Gasteiger partial charge in [-0.15, -0.1) is 0 Å². The lowest BCUT2D eigenvalue weighted by atomic mass is 10.0.